The zero-order chi connectivity index (χ0) is 52.6. The molecule has 3 aromatic carbocycles. The number of carbonyl (C=O) groups excluding carboxylic acids is 6. The summed E-state index contributed by atoms with van der Waals surface area (Å²) in [5.74, 6) is -7.56. The maximum absolute atomic E-state index is 15.6. The van der Waals surface area contributed by atoms with Crippen LogP contribution in [0.5, 0.6) is 5.75 Å². The second kappa shape index (κ2) is 31.1. The van der Waals surface area contributed by atoms with Crippen LogP contribution in [-0.4, -0.2) is 100 Å². The molecule has 1 unspecified atom stereocenters. The molecule has 0 spiro atoms. The number of methoxy groups -OCH3 is 1. The maximum atomic E-state index is 15.6. The number of allylic oxidation sites excluding steroid dienone is 2. The van der Waals surface area contributed by atoms with E-state index in [1.807, 2.05) is 6.07 Å². The number of carbonyl (C=O) groups is 6. The number of nitrogens with zero attached hydrogens (tertiary/aromatic N) is 4. The molecule has 0 radical (unpaired) electrons. The molecule has 0 N–H and O–H groups in total. The minimum absolute atomic E-state index is 0. The summed E-state index contributed by atoms with van der Waals surface area (Å²) >= 11 is 1.24. The number of carboxylic acids is 1. The molecule has 3 atom stereocenters. The number of aliphatic carboxylic acids is 1. The third kappa shape index (κ3) is 20.1. The number of carboxylic acid groups (broad SMARTS) is 1. The molecule has 0 bridgehead atoms. The van der Waals surface area contributed by atoms with Gasteiger partial charge in [0.1, 0.15) is 55.2 Å². The summed E-state index contributed by atoms with van der Waals surface area (Å²) in [7, 11) is 1.56. The quantitative estimate of drug-likeness (QED) is 0.0244. The molecule has 0 saturated carbocycles. The fourth-order valence-electron chi connectivity index (χ4n) is 6.54. The van der Waals surface area contributed by atoms with Gasteiger partial charge in [-0.1, -0.05) is 49.1 Å². The molecule has 18 nitrogen and oxygen atoms in total. The van der Waals surface area contributed by atoms with Gasteiger partial charge in [0.05, 0.1) is 56.1 Å². The van der Waals surface area contributed by atoms with Crippen LogP contribution in [0.3, 0.4) is 0 Å². The Balaban J connectivity index is 0.000000513. The fraction of sp³-hybridized carbons (Fsp3) is 0.340. The zero-order valence-corrected chi connectivity index (χ0v) is 43.1. The van der Waals surface area contributed by atoms with Crippen LogP contribution >= 0.6 is 11.8 Å². The molecule has 23 heteroatoms. The Bertz CT molecular complexity index is 2610. The smallest absolute Gasteiger partial charge is 0.546 e. The number of hydrogen-bond donors (Lipinski definition) is 0. The second-order valence-corrected chi connectivity index (χ2v) is 17.0. The van der Waals surface area contributed by atoms with E-state index < -0.39 is 89.2 Å². The van der Waals surface area contributed by atoms with Crippen molar-refractivity contribution >= 4 is 53.5 Å². The van der Waals surface area contributed by atoms with Crippen LogP contribution in [0.4, 0.5) is 13.2 Å². The van der Waals surface area contributed by atoms with E-state index in [0.29, 0.717) is 17.4 Å². The molecular weight excluding hydrogens is 993 g/mol. The maximum Gasteiger partial charge on any atom is 1.00 e. The van der Waals surface area contributed by atoms with Crippen molar-refractivity contribution in [2.24, 2.45) is 0 Å². The summed E-state index contributed by atoms with van der Waals surface area (Å²) < 4.78 is 82.0. The largest absolute Gasteiger partial charge is 1.00 e. The number of esters is 4. The first-order valence-electron chi connectivity index (χ1n) is 21.9. The Hall–Kier alpha value is -6.61. The Morgan fingerprint density at radius 3 is 2.30 bits per heavy atom. The van der Waals surface area contributed by atoms with Gasteiger partial charge in [-0.25, -0.2) is 27.6 Å². The van der Waals surface area contributed by atoms with Crippen molar-refractivity contribution in [3.05, 3.63) is 144 Å². The molecule has 73 heavy (non-hydrogen) atoms. The minimum Gasteiger partial charge on any atom is -0.546 e. The third-order valence-electron chi connectivity index (χ3n) is 10.1. The standard InChI is InChI=1S/C34H33F3N4O8S.C16H18O6.Na/c1-21(50-26-16-46-32(47-17-26)6-4-3-5-24-8-7-23(15-38)13-28(24)36)34(18-41-20-39-19-40-41,27-10-9-25(35)14-29(27)37)49-31(43)12-11-30(33(44)45)48-22(2)42;1-3-10-21-16(19)14(17)8-9-15(18)22-11-12-4-6-13(20-2)7-5-12;/h3-10,13-14,19-21,26,30,32H,11-12,16-18H2,1-2H3,(H,44,45);3-7H,1,8-11H2,2H3;/q;;+1/p-1/b5-3+,6-4+;;/t21-,26?,30?,32?,34-;;/m1../s1. The molecule has 2 heterocycles. The van der Waals surface area contributed by atoms with E-state index in [9.17, 15) is 42.7 Å². The second-order valence-electron chi connectivity index (χ2n) is 15.4. The molecule has 382 valence electrons. The predicted octanol–water partition coefficient (Wildman–Crippen LogP) is 2.42. The summed E-state index contributed by atoms with van der Waals surface area (Å²) in [6, 6.07) is 15.9. The van der Waals surface area contributed by atoms with Gasteiger partial charge in [0.25, 0.3) is 0 Å². The van der Waals surface area contributed by atoms with Gasteiger partial charge >= 0.3 is 53.4 Å². The Morgan fingerprint density at radius 1 is 0.973 bits per heavy atom. The predicted molar refractivity (Wildman–Crippen MR) is 248 cm³/mol. The minimum atomic E-state index is -1.85. The third-order valence-corrected chi connectivity index (χ3v) is 11.6. The Labute approximate surface area is 444 Å². The summed E-state index contributed by atoms with van der Waals surface area (Å²) in [6.45, 7) is 6.14. The summed E-state index contributed by atoms with van der Waals surface area (Å²) in [6.07, 6.45) is 6.33. The van der Waals surface area contributed by atoms with E-state index in [-0.39, 0.29) is 91.7 Å². The zero-order valence-electron chi connectivity index (χ0n) is 40.2. The van der Waals surface area contributed by atoms with Crippen molar-refractivity contribution in [1.82, 2.24) is 14.8 Å². The van der Waals surface area contributed by atoms with Crippen LogP contribution in [0.25, 0.3) is 6.08 Å². The summed E-state index contributed by atoms with van der Waals surface area (Å²) in [5, 5.41) is 23.3. The van der Waals surface area contributed by atoms with E-state index in [1.54, 1.807) is 56.5 Å². The van der Waals surface area contributed by atoms with Crippen LogP contribution in [0.1, 0.15) is 61.8 Å². The number of hydrogen-bond acceptors (Lipinski definition) is 18. The van der Waals surface area contributed by atoms with E-state index in [2.05, 4.69) is 21.4 Å². The van der Waals surface area contributed by atoms with Gasteiger partial charge in [0.15, 0.2) is 11.9 Å². The van der Waals surface area contributed by atoms with Gasteiger partial charge in [-0.3, -0.25) is 19.2 Å². The molecule has 1 aromatic heterocycles. The van der Waals surface area contributed by atoms with Crippen LogP contribution < -0.4 is 39.4 Å². The number of ketones is 1. The molecule has 1 saturated heterocycles. The SMILES string of the molecule is C=CCOC(=O)C(=O)CCC(=O)OCc1ccc(OC)cc1.CC(=O)OC(CCC(=O)O[C@@](Cn1cncn1)(c1ccc(F)cc1F)[C@@H](C)SC1COC(/C=C/C=C/c2ccc(C#N)cc2F)OC1)C(=O)[O-].[Na+]. The Kier molecular flexibility index (Phi) is 25.8. The normalized spacial score (nSPS) is 15.7. The van der Waals surface area contributed by atoms with Crippen molar-refractivity contribution in [3.63, 3.8) is 0 Å². The summed E-state index contributed by atoms with van der Waals surface area (Å²) in [4.78, 5) is 74.1. The summed E-state index contributed by atoms with van der Waals surface area (Å²) in [5.41, 5.74) is -0.733. The van der Waals surface area contributed by atoms with Gasteiger partial charge in [-0.05, 0) is 55.0 Å². The van der Waals surface area contributed by atoms with Crippen LogP contribution in [0.2, 0.25) is 0 Å². The molecule has 1 fully saturated rings. The number of Topliss-reactive ketones (excluding diaryl/α,β-unsaturated/α-hetero) is 1. The number of thioether (sulfide) groups is 1. The van der Waals surface area contributed by atoms with Crippen molar-refractivity contribution < 1.29 is 110 Å². The number of ether oxygens (including phenoxy) is 7. The monoisotopic (exact) mass is 1040 g/mol. The first-order chi connectivity index (χ1) is 34.5. The average molecular weight is 1040 g/mol. The van der Waals surface area contributed by atoms with E-state index in [0.717, 1.165) is 30.7 Å². The van der Waals surface area contributed by atoms with Crippen LogP contribution in [-0.2, 0) is 75.9 Å². The molecule has 1 aliphatic heterocycles. The molecule has 0 aliphatic carbocycles. The Morgan fingerprint density at radius 2 is 1.70 bits per heavy atom. The van der Waals surface area contributed by atoms with Crippen molar-refractivity contribution in [2.75, 3.05) is 26.9 Å². The van der Waals surface area contributed by atoms with E-state index >= 15 is 4.39 Å². The topological polar surface area (TPSA) is 245 Å². The molecule has 1 aliphatic rings. The van der Waals surface area contributed by atoms with E-state index in [1.165, 1.54) is 53.4 Å². The number of nitriles is 1. The van der Waals surface area contributed by atoms with Crippen LogP contribution in [0.15, 0.2) is 104 Å². The van der Waals surface area contributed by atoms with E-state index in [4.69, 9.17) is 33.7 Å². The van der Waals surface area contributed by atoms with Gasteiger partial charge in [-0.15, -0.1) is 11.8 Å². The number of rotatable bonds is 24. The number of benzene rings is 3. The van der Waals surface area contributed by atoms with Crippen molar-refractivity contribution in [2.45, 2.75) is 81.2 Å². The number of halogens is 3. The fourth-order valence-corrected chi connectivity index (χ4v) is 7.91. The van der Waals surface area contributed by atoms with Gasteiger partial charge in [-0.2, -0.15) is 10.4 Å². The molecule has 4 aromatic rings. The molecule has 5 rings (SSSR count). The van der Waals surface area contributed by atoms with Gasteiger partial charge in [0, 0.05) is 48.6 Å². The number of aromatic nitrogens is 3. The van der Waals surface area contributed by atoms with Crippen molar-refractivity contribution in [1.29, 1.82) is 5.26 Å². The van der Waals surface area contributed by atoms with Gasteiger partial charge < -0.3 is 43.1 Å². The molecular formula is C50H50F3N4NaO14S. The average Bonchev–Trinajstić information content (AvgIpc) is 3.88. The molecule has 0 amide bonds. The van der Waals surface area contributed by atoms with Gasteiger partial charge in [0.2, 0.25) is 5.78 Å². The first kappa shape index (κ1) is 60.7. The first-order valence-corrected chi connectivity index (χ1v) is 22.8. The van der Waals surface area contributed by atoms with Crippen LogP contribution in [0, 0.1) is 28.8 Å². The van der Waals surface area contributed by atoms with Crippen molar-refractivity contribution in [3.8, 4) is 11.8 Å².